The van der Waals surface area contributed by atoms with Crippen LogP contribution in [0.15, 0.2) is 18.2 Å². The maximum Gasteiger partial charge on any atom is 0.160 e. The first kappa shape index (κ1) is 14.2. The predicted molar refractivity (Wildman–Crippen MR) is 77.7 cm³/mol. The number of hydrogen-bond acceptors (Lipinski definition) is 3. The standard InChI is InChI=1S/C16H25NO2/c1-4-7-16(8-9-16)11-17-12(2)13-5-6-14(18)15(10-13)19-3/h5-6,10,12,17-18H,4,7-9,11H2,1-3H3. The van der Waals surface area contributed by atoms with Crippen molar-refractivity contribution >= 4 is 0 Å². The summed E-state index contributed by atoms with van der Waals surface area (Å²) in [6, 6.07) is 5.84. The van der Waals surface area contributed by atoms with Crippen molar-refractivity contribution in [3.63, 3.8) is 0 Å². The molecular formula is C16H25NO2. The van der Waals surface area contributed by atoms with Crippen LogP contribution in [-0.4, -0.2) is 18.8 Å². The first-order chi connectivity index (χ1) is 9.10. The molecule has 0 spiro atoms. The Morgan fingerprint density at radius 2 is 2.16 bits per heavy atom. The maximum atomic E-state index is 9.61. The van der Waals surface area contributed by atoms with Gasteiger partial charge in [-0.3, -0.25) is 0 Å². The van der Waals surface area contributed by atoms with Crippen molar-refractivity contribution in [2.75, 3.05) is 13.7 Å². The number of nitrogens with one attached hydrogen (secondary N) is 1. The summed E-state index contributed by atoms with van der Waals surface area (Å²) in [6.45, 7) is 5.51. The SMILES string of the molecule is CCCC1(CNC(C)c2ccc(O)c(OC)c2)CC1. The van der Waals surface area contributed by atoms with Gasteiger partial charge < -0.3 is 15.2 Å². The van der Waals surface area contributed by atoms with E-state index in [1.807, 2.05) is 12.1 Å². The van der Waals surface area contributed by atoms with Crippen molar-refractivity contribution in [2.45, 2.75) is 45.6 Å². The molecule has 106 valence electrons. The highest BCUT2D eigenvalue weighted by atomic mass is 16.5. The monoisotopic (exact) mass is 263 g/mol. The number of phenolic OH excluding ortho intramolecular Hbond substituents is 1. The second-order valence-corrected chi connectivity index (χ2v) is 5.78. The number of phenols is 1. The third kappa shape index (κ3) is 3.41. The second kappa shape index (κ2) is 5.83. The smallest absolute Gasteiger partial charge is 0.160 e. The van der Waals surface area contributed by atoms with E-state index in [1.54, 1.807) is 13.2 Å². The largest absolute Gasteiger partial charge is 0.504 e. The van der Waals surface area contributed by atoms with E-state index in [2.05, 4.69) is 19.2 Å². The minimum absolute atomic E-state index is 0.197. The summed E-state index contributed by atoms with van der Waals surface area (Å²) in [5, 5.41) is 13.2. The van der Waals surface area contributed by atoms with Gasteiger partial charge >= 0.3 is 0 Å². The van der Waals surface area contributed by atoms with Gasteiger partial charge in [0.05, 0.1) is 7.11 Å². The Balaban J connectivity index is 1.94. The van der Waals surface area contributed by atoms with E-state index in [-0.39, 0.29) is 11.8 Å². The molecule has 19 heavy (non-hydrogen) atoms. The van der Waals surface area contributed by atoms with Crippen LogP contribution in [0.5, 0.6) is 11.5 Å². The minimum atomic E-state index is 0.197. The van der Waals surface area contributed by atoms with Gasteiger partial charge in [-0.1, -0.05) is 19.4 Å². The molecule has 0 saturated heterocycles. The van der Waals surface area contributed by atoms with Crippen molar-refractivity contribution in [3.8, 4) is 11.5 Å². The zero-order valence-electron chi connectivity index (χ0n) is 12.2. The van der Waals surface area contributed by atoms with Gasteiger partial charge in [-0.15, -0.1) is 0 Å². The Kier molecular flexibility index (Phi) is 4.35. The van der Waals surface area contributed by atoms with Crippen molar-refractivity contribution in [2.24, 2.45) is 5.41 Å². The summed E-state index contributed by atoms with van der Waals surface area (Å²) < 4.78 is 5.15. The Bertz CT molecular complexity index is 427. The van der Waals surface area contributed by atoms with E-state index in [0.29, 0.717) is 11.2 Å². The van der Waals surface area contributed by atoms with E-state index in [0.717, 1.165) is 12.1 Å². The van der Waals surface area contributed by atoms with Crippen LogP contribution in [0.2, 0.25) is 0 Å². The number of aromatic hydroxyl groups is 1. The number of methoxy groups -OCH3 is 1. The summed E-state index contributed by atoms with van der Waals surface area (Å²) in [5.41, 5.74) is 1.71. The van der Waals surface area contributed by atoms with Crippen molar-refractivity contribution in [3.05, 3.63) is 23.8 Å². The topological polar surface area (TPSA) is 41.5 Å². The molecule has 0 bridgehead atoms. The van der Waals surface area contributed by atoms with E-state index < -0.39 is 0 Å². The predicted octanol–water partition coefficient (Wildman–Crippen LogP) is 3.63. The van der Waals surface area contributed by atoms with Gasteiger partial charge in [0.25, 0.3) is 0 Å². The van der Waals surface area contributed by atoms with E-state index in [9.17, 15) is 5.11 Å². The molecule has 0 radical (unpaired) electrons. The lowest BCUT2D eigenvalue weighted by Crippen LogP contribution is -2.26. The lowest BCUT2D eigenvalue weighted by Gasteiger charge is -2.20. The fourth-order valence-corrected chi connectivity index (χ4v) is 2.67. The minimum Gasteiger partial charge on any atom is -0.504 e. The number of ether oxygens (including phenoxy) is 1. The number of hydrogen-bond donors (Lipinski definition) is 2. The van der Waals surface area contributed by atoms with Crippen LogP contribution in [0, 0.1) is 5.41 Å². The molecule has 2 N–H and O–H groups in total. The molecule has 3 nitrogen and oxygen atoms in total. The Hall–Kier alpha value is -1.22. The van der Waals surface area contributed by atoms with Gasteiger partial charge in [-0.05, 0) is 49.3 Å². The fourth-order valence-electron chi connectivity index (χ4n) is 2.67. The molecular weight excluding hydrogens is 238 g/mol. The second-order valence-electron chi connectivity index (χ2n) is 5.78. The first-order valence-electron chi connectivity index (χ1n) is 7.20. The van der Waals surface area contributed by atoms with Crippen molar-refractivity contribution in [1.29, 1.82) is 0 Å². The molecule has 1 aromatic carbocycles. The molecule has 0 aliphatic heterocycles. The van der Waals surface area contributed by atoms with Gasteiger partial charge in [-0.2, -0.15) is 0 Å². The molecule has 1 fully saturated rings. The summed E-state index contributed by atoms with van der Waals surface area (Å²) in [6.07, 6.45) is 5.31. The number of benzene rings is 1. The average Bonchev–Trinajstić information content (AvgIpc) is 3.17. The van der Waals surface area contributed by atoms with Crippen LogP contribution in [-0.2, 0) is 0 Å². The Labute approximate surface area is 116 Å². The molecule has 1 saturated carbocycles. The lowest BCUT2D eigenvalue weighted by atomic mass is 9.99. The molecule has 1 unspecified atom stereocenters. The molecule has 2 rings (SSSR count). The molecule has 0 heterocycles. The van der Waals surface area contributed by atoms with Crippen LogP contribution in [0.25, 0.3) is 0 Å². The summed E-state index contributed by atoms with van der Waals surface area (Å²) in [4.78, 5) is 0. The van der Waals surface area contributed by atoms with Gasteiger partial charge in [0.15, 0.2) is 11.5 Å². The highest BCUT2D eigenvalue weighted by Gasteiger charge is 2.41. The van der Waals surface area contributed by atoms with Crippen LogP contribution in [0.1, 0.15) is 51.1 Å². The van der Waals surface area contributed by atoms with Gasteiger partial charge in [0.2, 0.25) is 0 Å². The molecule has 1 aliphatic rings. The van der Waals surface area contributed by atoms with Crippen LogP contribution < -0.4 is 10.1 Å². The van der Waals surface area contributed by atoms with Crippen molar-refractivity contribution < 1.29 is 9.84 Å². The highest BCUT2D eigenvalue weighted by Crippen LogP contribution is 2.49. The zero-order valence-corrected chi connectivity index (χ0v) is 12.2. The molecule has 0 amide bonds. The quantitative estimate of drug-likeness (QED) is 0.789. The highest BCUT2D eigenvalue weighted by molar-refractivity contribution is 5.42. The average molecular weight is 263 g/mol. The third-order valence-electron chi connectivity index (χ3n) is 4.22. The zero-order chi connectivity index (χ0) is 13.9. The molecule has 1 atom stereocenters. The lowest BCUT2D eigenvalue weighted by molar-refractivity contribution is 0.370. The summed E-state index contributed by atoms with van der Waals surface area (Å²) in [7, 11) is 1.58. The molecule has 3 heteroatoms. The van der Waals surface area contributed by atoms with E-state index >= 15 is 0 Å². The van der Waals surface area contributed by atoms with Gasteiger partial charge in [-0.25, -0.2) is 0 Å². The van der Waals surface area contributed by atoms with Gasteiger partial charge in [0, 0.05) is 12.6 Å². The van der Waals surface area contributed by atoms with Crippen LogP contribution >= 0.6 is 0 Å². The fraction of sp³-hybridized carbons (Fsp3) is 0.625. The maximum absolute atomic E-state index is 9.61. The first-order valence-corrected chi connectivity index (χ1v) is 7.20. The van der Waals surface area contributed by atoms with Gasteiger partial charge in [0.1, 0.15) is 0 Å². The number of rotatable bonds is 7. The summed E-state index contributed by atoms with van der Waals surface area (Å²) >= 11 is 0. The molecule has 0 aromatic heterocycles. The molecule has 1 aromatic rings. The molecule has 1 aliphatic carbocycles. The summed E-state index contributed by atoms with van der Waals surface area (Å²) in [5.74, 6) is 0.740. The Morgan fingerprint density at radius 1 is 1.42 bits per heavy atom. The Morgan fingerprint density at radius 3 is 2.74 bits per heavy atom. The van der Waals surface area contributed by atoms with Crippen molar-refractivity contribution in [1.82, 2.24) is 5.32 Å². The van der Waals surface area contributed by atoms with Crippen LogP contribution in [0.3, 0.4) is 0 Å². The van der Waals surface area contributed by atoms with Crippen LogP contribution in [0.4, 0.5) is 0 Å². The third-order valence-corrected chi connectivity index (χ3v) is 4.22. The van der Waals surface area contributed by atoms with E-state index in [1.165, 1.54) is 25.7 Å². The van der Waals surface area contributed by atoms with E-state index in [4.69, 9.17) is 4.74 Å². The normalized spacial score (nSPS) is 18.1.